The zero-order valence-corrected chi connectivity index (χ0v) is 8.65. The lowest BCUT2D eigenvalue weighted by atomic mass is 9.81. The molecule has 0 heterocycles. The second-order valence-electron chi connectivity index (χ2n) is 4.22. The fraction of sp³-hybridized carbons (Fsp3) is 0.462. The van der Waals surface area contributed by atoms with Crippen LogP contribution >= 0.6 is 0 Å². The van der Waals surface area contributed by atoms with Gasteiger partial charge in [-0.25, -0.2) is 0 Å². The van der Waals surface area contributed by atoms with Gasteiger partial charge in [0.15, 0.2) is 5.60 Å². The molecule has 2 heteroatoms. The zero-order valence-electron chi connectivity index (χ0n) is 8.65. The summed E-state index contributed by atoms with van der Waals surface area (Å²) in [6, 6.07) is 9.15. The van der Waals surface area contributed by atoms with Crippen LogP contribution in [-0.2, 0) is 10.4 Å². The highest BCUT2D eigenvalue weighted by atomic mass is 16.3. The second kappa shape index (κ2) is 4.15. The van der Waals surface area contributed by atoms with Crippen LogP contribution in [0.25, 0.3) is 0 Å². The Balaban J connectivity index is 2.32. The van der Waals surface area contributed by atoms with Gasteiger partial charge in [0.2, 0.25) is 6.29 Å². The van der Waals surface area contributed by atoms with Crippen LogP contribution in [0.2, 0.25) is 0 Å². The molecule has 0 bridgehead atoms. The number of hydrogen-bond acceptors (Lipinski definition) is 2. The molecule has 1 aromatic rings. The number of hydrogen-bond donors (Lipinski definition) is 1. The standard InChI is InChI=1S/C13H15O2/c14-10-13(15,12-8-4-5-9-12)11-6-2-1-3-7-11/h1-3,6-7,12,15H,4-5,8-9H2. The predicted molar refractivity (Wildman–Crippen MR) is 58.0 cm³/mol. The summed E-state index contributed by atoms with van der Waals surface area (Å²) in [6.07, 6.45) is 5.87. The van der Waals surface area contributed by atoms with Crippen molar-refractivity contribution < 1.29 is 9.90 Å². The Morgan fingerprint density at radius 1 is 1.20 bits per heavy atom. The van der Waals surface area contributed by atoms with Gasteiger partial charge in [0.25, 0.3) is 0 Å². The summed E-state index contributed by atoms with van der Waals surface area (Å²) in [6.45, 7) is 0. The average molecular weight is 203 g/mol. The Hall–Kier alpha value is -1.15. The van der Waals surface area contributed by atoms with E-state index >= 15 is 0 Å². The minimum atomic E-state index is -1.39. The first kappa shape index (κ1) is 10.4. The molecule has 1 fully saturated rings. The molecule has 79 valence electrons. The second-order valence-corrected chi connectivity index (χ2v) is 4.22. The maximum Gasteiger partial charge on any atom is 0.238 e. The third-order valence-corrected chi connectivity index (χ3v) is 3.32. The summed E-state index contributed by atoms with van der Waals surface area (Å²) in [5.41, 5.74) is -0.718. The Labute approximate surface area is 89.9 Å². The van der Waals surface area contributed by atoms with Crippen LogP contribution in [0, 0.1) is 5.92 Å². The molecule has 0 amide bonds. The summed E-state index contributed by atoms with van der Waals surface area (Å²) in [5, 5.41) is 10.4. The van der Waals surface area contributed by atoms with Gasteiger partial charge in [-0.1, -0.05) is 43.2 Å². The Kier molecular flexibility index (Phi) is 2.87. The van der Waals surface area contributed by atoms with Gasteiger partial charge in [-0.3, -0.25) is 4.79 Å². The van der Waals surface area contributed by atoms with Crippen LogP contribution in [0.1, 0.15) is 31.2 Å². The first-order chi connectivity index (χ1) is 7.27. The van der Waals surface area contributed by atoms with Crippen molar-refractivity contribution in [1.82, 2.24) is 0 Å². The van der Waals surface area contributed by atoms with E-state index < -0.39 is 5.60 Å². The molecular weight excluding hydrogens is 188 g/mol. The maximum atomic E-state index is 11.0. The third kappa shape index (κ3) is 1.82. The van der Waals surface area contributed by atoms with Gasteiger partial charge in [-0.2, -0.15) is 0 Å². The first-order valence-electron chi connectivity index (χ1n) is 5.44. The minimum absolute atomic E-state index is 0.0393. The topological polar surface area (TPSA) is 37.3 Å². The highest BCUT2D eigenvalue weighted by molar-refractivity contribution is 5.67. The van der Waals surface area contributed by atoms with Crippen LogP contribution in [0.5, 0.6) is 0 Å². The minimum Gasteiger partial charge on any atom is -0.376 e. The molecule has 15 heavy (non-hydrogen) atoms. The average Bonchev–Trinajstić information content (AvgIpc) is 2.83. The predicted octanol–water partition coefficient (Wildman–Crippen LogP) is 2.17. The van der Waals surface area contributed by atoms with E-state index in [9.17, 15) is 9.90 Å². The van der Waals surface area contributed by atoms with Gasteiger partial charge in [0.1, 0.15) is 0 Å². The Morgan fingerprint density at radius 3 is 2.33 bits per heavy atom. The number of benzene rings is 1. The lowest BCUT2D eigenvalue weighted by Crippen LogP contribution is -2.35. The third-order valence-electron chi connectivity index (χ3n) is 3.32. The quantitative estimate of drug-likeness (QED) is 0.817. The maximum absolute atomic E-state index is 11.0. The van der Waals surface area contributed by atoms with Crippen molar-refractivity contribution in [2.24, 2.45) is 5.92 Å². The van der Waals surface area contributed by atoms with Crippen molar-refractivity contribution in [3.8, 4) is 0 Å². The van der Waals surface area contributed by atoms with Crippen molar-refractivity contribution in [1.29, 1.82) is 0 Å². The lowest BCUT2D eigenvalue weighted by Gasteiger charge is -2.27. The summed E-state index contributed by atoms with van der Waals surface area (Å²) in [4.78, 5) is 11.0. The molecule has 1 N–H and O–H groups in total. The van der Waals surface area contributed by atoms with E-state index in [2.05, 4.69) is 0 Å². The molecule has 2 nitrogen and oxygen atoms in total. The molecule has 1 aliphatic carbocycles. The monoisotopic (exact) mass is 203 g/mol. The molecule has 1 radical (unpaired) electrons. The number of carbonyl (C=O) groups excluding carboxylic acids is 1. The summed E-state index contributed by atoms with van der Waals surface area (Å²) >= 11 is 0. The van der Waals surface area contributed by atoms with Gasteiger partial charge >= 0.3 is 0 Å². The molecule has 1 aromatic carbocycles. The SMILES string of the molecule is O=[C]C(O)(c1ccccc1)C1CCCC1. The van der Waals surface area contributed by atoms with Crippen LogP contribution in [0.3, 0.4) is 0 Å². The summed E-state index contributed by atoms with van der Waals surface area (Å²) < 4.78 is 0. The van der Waals surface area contributed by atoms with Crippen LogP contribution in [-0.4, -0.2) is 11.4 Å². The van der Waals surface area contributed by atoms with E-state index in [-0.39, 0.29) is 5.92 Å². The van der Waals surface area contributed by atoms with Gasteiger partial charge < -0.3 is 5.11 Å². The molecule has 2 rings (SSSR count). The molecule has 1 unspecified atom stereocenters. The fourth-order valence-electron chi connectivity index (χ4n) is 2.41. The summed E-state index contributed by atoms with van der Waals surface area (Å²) in [7, 11) is 0. The normalized spacial score (nSPS) is 21.1. The van der Waals surface area contributed by atoms with E-state index in [0.29, 0.717) is 5.56 Å². The van der Waals surface area contributed by atoms with Crippen LogP contribution in [0.4, 0.5) is 0 Å². The number of rotatable bonds is 3. The van der Waals surface area contributed by atoms with E-state index in [0.717, 1.165) is 25.7 Å². The van der Waals surface area contributed by atoms with Gasteiger partial charge in [-0.05, 0) is 24.3 Å². The first-order valence-corrected chi connectivity index (χ1v) is 5.44. The molecule has 0 aromatic heterocycles. The Bertz CT molecular complexity index is 328. The van der Waals surface area contributed by atoms with Crippen LogP contribution < -0.4 is 0 Å². The fourth-order valence-corrected chi connectivity index (χ4v) is 2.41. The molecule has 1 saturated carbocycles. The van der Waals surface area contributed by atoms with Crippen molar-refractivity contribution in [3.63, 3.8) is 0 Å². The highest BCUT2D eigenvalue weighted by Gasteiger charge is 2.40. The molecule has 1 aliphatic rings. The van der Waals surface area contributed by atoms with Gasteiger partial charge in [0, 0.05) is 0 Å². The zero-order chi connectivity index (χ0) is 10.7. The van der Waals surface area contributed by atoms with Crippen molar-refractivity contribution in [2.75, 3.05) is 0 Å². The van der Waals surface area contributed by atoms with E-state index in [1.807, 2.05) is 24.5 Å². The van der Waals surface area contributed by atoms with Gasteiger partial charge in [-0.15, -0.1) is 0 Å². The smallest absolute Gasteiger partial charge is 0.238 e. The largest absolute Gasteiger partial charge is 0.376 e. The molecule has 0 aliphatic heterocycles. The lowest BCUT2D eigenvalue weighted by molar-refractivity contribution is 0.0447. The van der Waals surface area contributed by atoms with E-state index in [1.165, 1.54) is 0 Å². The van der Waals surface area contributed by atoms with Gasteiger partial charge in [0.05, 0.1) is 0 Å². The molecule has 0 spiro atoms. The van der Waals surface area contributed by atoms with Crippen molar-refractivity contribution >= 4 is 6.29 Å². The van der Waals surface area contributed by atoms with E-state index in [4.69, 9.17) is 0 Å². The number of aliphatic hydroxyl groups is 1. The van der Waals surface area contributed by atoms with Crippen molar-refractivity contribution in [2.45, 2.75) is 31.3 Å². The molecular formula is C13H15O2. The summed E-state index contributed by atoms with van der Waals surface area (Å²) in [5.74, 6) is 0.0393. The molecule has 0 saturated heterocycles. The van der Waals surface area contributed by atoms with Crippen LogP contribution in [0.15, 0.2) is 30.3 Å². The van der Waals surface area contributed by atoms with E-state index in [1.54, 1.807) is 12.1 Å². The van der Waals surface area contributed by atoms with Crippen molar-refractivity contribution in [3.05, 3.63) is 35.9 Å². The molecule has 1 atom stereocenters. The Morgan fingerprint density at radius 2 is 1.80 bits per heavy atom. The highest BCUT2D eigenvalue weighted by Crippen LogP contribution is 2.39.